The number of fused-ring (bicyclic) bond motifs is 1. The summed E-state index contributed by atoms with van der Waals surface area (Å²) in [5.74, 6) is -0.697. The molecule has 1 fully saturated rings. The minimum absolute atomic E-state index is 0.0263. The van der Waals surface area contributed by atoms with Crippen LogP contribution in [0.3, 0.4) is 0 Å². The van der Waals surface area contributed by atoms with Crippen molar-refractivity contribution >= 4 is 43.3 Å². The molecule has 7 nitrogen and oxygen atoms in total. The Balaban J connectivity index is 1.65. The number of amides is 1. The second-order valence-electron chi connectivity index (χ2n) is 7.11. The first-order chi connectivity index (χ1) is 12.7. The summed E-state index contributed by atoms with van der Waals surface area (Å²) in [6, 6.07) is 4.69. The van der Waals surface area contributed by atoms with E-state index in [0.29, 0.717) is 18.5 Å². The van der Waals surface area contributed by atoms with Gasteiger partial charge < -0.3 is 9.64 Å². The molecule has 1 aliphatic rings. The maximum Gasteiger partial charge on any atom is 0.338 e. The molecule has 0 unspecified atom stereocenters. The van der Waals surface area contributed by atoms with Crippen LogP contribution in [0.1, 0.15) is 30.6 Å². The van der Waals surface area contributed by atoms with Crippen molar-refractivity contribution in [3.8, 4) is 0 Å². The highest BCUT2D eigenvalue weighted by Crippen LogP contribution is 2.21. The van der Waals surface area contributed by atoms with Crippen molar-refractivity contribution in [3.05, 3.63) is 29.3 Å². The molecule has 1 atom stereocenters. The van der Waals surface area contributed by atoms with Gasteiger partial charge in [-0.25, -0.2) is 18.2 Å². The van der Waals surface area contributed by atoms with Crippen LogP contribution in [0.25, 0.3) is 10.2 Å². The Morgan fingerprint density at radius 3 is 2.81 bits per heavy atom. The molecule has 0 saturated carbocycles. The zero-order valence-corrected chi connectivity index (χ0v) is 16.9. The second-order valence-corrected chi connectivity index (χ2v) is 10.2. The lowest BCUT2D eigenvalue weighted by Gasteiger charge is -2.29. The van der Waals surface area contributed by atoms with E-state index in [1.807, 2.05) is 13.8 Å². The van der Waals surface area contributed by atoms with E-state index in [0.717, 1.165) is 10.2 Å². The zero-order chi connectivity index (χ0) is 19.6. The number of carbonyl (C=O) groups is 2. The summed E-state index contributed by atoms with van der Waals surface area (Å²) in [4.78, 5) is 30.6. The molecule has 2 aromatic rings. The number of rotatable bonds is 6. The fourth-order valence-electron chi connectivity index (χ4n) is 3.14. The average Bonchev–Trinajstić information content (AvgIpc) is 3.22. The molecule has 1 aromatic carbocycles. The molecule has 1 saturated heterocycles. The fourth-order valence-corrected chi connectivity index (χ4v) is 5.59. The van der Waals surface area contributed by atoms with Crippen LogP contribution in [0.4, 0.5) is 0 Å². The van der Waals surface area contributed by atoms with Crippen molar-refractivity contribution in [2.45, 2.75) is 26.3 Å². The van der Waals surface area contributed by atoms with E-state index in [1.54, 1.807) is 28.6 Å². The van der Waals surface area contributed by atoms with Crippen LogP contribution in [0, 0.1) is 5.92 Å². The summed E-state index contributed by atoms with van der Waals surface area (Å²) in [5.41, 5.74) is 2.86. The van der Waals surface area contributed by atoms with Gasteiger partial charge >= 0.3 is 5.97 Å². The van der Waals surface area contributed by atoms with Crippen molar-refractivity contribution in [2.24, 2.45) is 5.92 Å². The summed E-state index contributed by atoms with van der Waals surface area (Å²) in [6.07, 6.45) is 0.427. The van der Waals surface area contributed by atoms with Gasteiger partial charge in [0, 0.05) is 12.6 Å². The maximum atomic E-state index is 12.6. The van der Waals surface area contributed by atoms with Crippen molar-refractivity contribution < 1.29 is 22.7 Å². The van der Waals surface area contributed by atoms with E-state index in [-0.39, 0.29) is 29.4 Å². The Labute approximate surface area is 162 Å². The quantitative estimate of drug-likeness (QED) is 0.677. The van der Waals surface area contributed by atoms with Gasteiger partial charge in [-0.3, -0.25) is 4.79 Å². The molecule has 2 heterocycles. The first-order valence-electron chi connectivity index (χ1n) is 8.75. The third-order valence-electron chi connectivity index (χ3n) is 4.43. The predicted octanol–water partition coefficient (Wildman–Crippen LogP) is 2.12. The predicted molar refractivity (Wildman–Crippen MR) is 104 cm³/mol. The number of thiazole rings is 1. The third kappa shape index (κ3) is 4.84. The summed E-state index contributed by atoms with van der Waals surface area (Å²) in [7, 11) is -3.11. The molecule has 0 bridgehead atoms. The van der Waals surface area contributed by atoms with Crippen LogP contribution < -0.4 is 0 Å². The van der Waals surface area contributed by atoms with Crippen molar-refractivity contribution in [2.75, 3.05) is 24.7 Å². The maximum absolute atomic E-state index is 12.6. The van der Waals surface area contributed by atoms with Crippen molar-refractivity contribution in [1.29, 1.82) is 0 Å². The van der Waals surface area contributed by atoms with Gasteiger partial charge in [0.25, 0.3) is 5.91 Å². The fraction of sp³-hybridized carbons (Fsp3) is 0.500. The number of hydrogen-bond donors (Lipinski definition) is 0. The third-order valence-corrected chi connectivity index (χ3v) is 6.97. The van der Waals surface area contributed by atoms with Crippen molar-refractivity contribution in [3.63, 3.8) is 0 Å². The molecule has 0 radical (unpaired) electrons. The van der Waals surface area contributed by atoms with E-state index in [2.05, 4.69) is 4.98 Å². The molecule has 9 heteroatoms. The number of carbonyl (C=O) groups excluding carboxylic acids is 2. The van der Waals surface area contributed by atoms with Crippen LogP contribution in [-0.4, -0.2) is 60.9 Å². The molecule has 1 amide bonds. The van der Waals surface area contributed by atoms with Crippen LogP contribution in [0.5, 0.6) is 0 Å². The normalized spacial score (nSPS) is 18.7. The molecule has 1 aromatic heterocycles. The van der Waals surface area contributed by atoms with E-state index < -0.39 is 22.4 Å². The Bertz CT molecular complexity index is 952. The largest absolute Gasteiger partial charge is 0.452 e. The zero-order valence-electron chi connectivity index (χ0n) is 15.3. The smallest absolute Gasteiger partial charge is 0.338 e. The topological polar surface area (TPSA) is 93.6 Å². The Hall–Kier alpha value is -2.00. The highest BCUT2D eigenvalue weighted by Gasteiger charge is 2.35. The number of benzene rings is 1. The Kier molecular flexibility index (Phi) is 5.81. The highest BCUT2D eigenvalue weighted by molar-refractivity contribution is 7.91. The van der Waals surface area contributed by atoms with Crippen LogP contribution in [-0.2, 0) is 19.4 Å². The summed E-state index contributed by atoms with van der Waals surface area (Å²) in [5, 5.41) is 0. The average molecular weight is 411 g/mol. The van der Waals surface area contributed by atoms with Gasteiger partial charge in [-0.2, -0.15) is 0 Å². The lowest BCUT2D eigenvalue weighted by atomic mass is 10.1. The van der Waals surface area contributed by atoms with Crippen LogP contribution >= 0.6 is 11.3 Å². The van der Waals surface area contributed by atoms with Gasteiger partial charge in [-0.15, -0.1) is 11.3 Å². The molecule has 0 N–H and O–H groups in total. The van der Waals surface area contributed by atoms with Crippen molar-refractivity contribution in [1.82, 2.24) is 9.88 Å². The molecule has 3 rings (SSSR count). The Morgan fingerprint density at radius 2 is 2.15 bits per heavy atom. The number of sulfone groups is 1. The van der Waals surface area contributed by atoms with E-state index >= 15 is 0 Å². The first kappa shape index (κ1) is 19.8. The van der Waals surface area contributed by atoms with Gasteiger partial charge in [-0.1, -0.05) is 13.8 Å². The first-order valence-corrected chi connectivity index (χ1v) is 11.5. The number of hydrogen-bond acceptors (Lipinski definition) is 7. The highest BCUT2D eigenvalue weighted by atomic mass is 32.2. The van der Waals surface area contributed by atoms with Gasteiger partial charge in [-0.05, 0) is 30.5 Å². The second kappa shape index (κ2) is 7.93. The number of aromatic nitrogens is 1. The monoisotopic (exact) mass is 410 g/mol. The number of nitrogens with zero attached hydrogens (tertiary/aromatic N) is 2. The molecular formula is C18H22N2O5S2. The summed E-state index contributed by atoms with van der Waals surface area (Å²) in [6.45, 7) is 3.95. The Morgan fingerprint density at radius 1 is 1.37 bits per heavy atom. The standard InChI is InChI=1S/C18H22N2O5S2/c1-12(2)8-20(14-5-6-27(23,24)10-14)17(21)9-25-18(22)13-3-4-15-16(7-13)26-11-19-15/h3-4,7,11-12,14H,5-6,8-10H2,1-2H3/t14-/m1/s1. The molecule has 1 aliphatic heterocycles. The summed E-state index contributed by atoms with van der Waals surface area (Å²) < 4.78 is 29.6. The molecule has 0 spiro atoms. The van der Waals surface area contributed by atoms with Gasteiger partial charge in [0.15, 0.2) is 16.4 Å². The lowest BCUT2D eigenvalue weighted by molar-refractivity contribution is -0.137. The van der Waals surface area contributed by atoms with Gasteiger partial charge in [0.1, 0.15) is 0 Å². The molecule has 146 valence electrons. The van der Waals surface area contributed by atoms with E-state index in [1.165, 1.54) is 11.3 Å². The molecule has 0 aliphatic carbocycles. The van der Waals surface area contributed by atoms with E-state index in [9.17, 15) is 18.0 Å². The van der Waals surface area contributed by atoms with E-state index in [4.69, 9.17) is 4.74 Å². The SMILES string of the molecule is CC(C)CN(C(=O)COC(=O)c1ccc2ncsc2c1)[C@@H]1CCS(=O)(=O)C1. The minimum atomic E-state index is -3.11. The summed E-state index contributed by atoms with van der Waals surface area (Å²) >= 11 is 1.42. The lowest BCUT2D eigenvalue weighted by Crippen LogP contribution is -2.45. The van der Waals surface area contributed by atoms with Crippen LogP contribution in [0.15, 0.2) is 23.7 Å². The van der Waals surface area contributed by atoms with Crippen LogP contribution in [0.2, 0.25) is 0 Å². The molecular weight excluding hydrogens is 388 g/mol. The molecule has 27 heavy (non-hydrogen) atoms. The van der Waals surface area contributed by atoms with Gasteiger partial charge in [0.2, 0.25) is 0 Å². The number of ether oxygens (including phenoxy) is 1. The van der Waals surface area contributed by atoms with Gasteiger partial charge in [0.05, 0.1) is 32.8 Å². The number of esters is 1. The minimum Gasteiger partial charge on any atom is -0.452 e.